The number of rotatable bonds is 10. The third-order valence-corrected chi connectivity index (χ3v) is 4.77. The second-order valence-corrected chi connectivity index (χ2v) is 7.36. The Morgan fingerprint density at radius 1 is 0.862 bits per heavy atom. The van der Waals surface area contributed by atoms with E-state index in [9.17, 15) is 5.11 Å². The summed E-state index contributed by atoms with van der Waals surface area (Å²) < 4.78 is 11.0. The fourth-order valence-corrected chi connectivity index (χ4v) is 3.26. The van der Waals surface area contributed by atoms with Crippen molar-refractivity contribution in [2.45, 2.75) is 19.2 Å². The maximum Gasteiger partial charge on any atom is 0.119 e. The first-order valence-electron chi connectivity index (χ1n) is 9.58. The monoisotopic (exact) mass is 411 g/mol. The van der Waals surface area contributed by atoms with Crippen LogP contribution >= 0.6 is 11.6 Å². The van der Waals surface area contributed by atoms with E-state index in [0.717, 1.165) is 17.9 Å². The SMILES string of the molecule is COc1cccc(CN(Cc2ccccc2)C[C@H](O)COc2ccc(Cl)cc2)c1. The highest BCUT2D eigenvalue weighted by atomic mass is 35.5. The maximum atomic E-state index is 10.6. The molecule has 0 fully saturated rings. The molecule has 152 valence electrons. The second-order valence-electron chi connectivity index (χ2n) is 6.93. The van der Waals surface area contributed by atoms with Crippen molar-refractivity contribution in [2.24, 2.45) is 0 Å². The number of aliphatic hydroxyl groups excluding tert-OH is 1. The first-order valence-corrected chi connectivity index (χ1v) is 9.96. The van der Waals surface area contributed by atoms with Crippen LogP contribution in [0.2, 0.25) is 5.02 Å². The van der Waals surface area contributed by atoms with Crippen LogP contribution in [0.1, 0.15) is 11.1 Å². The summed E-state index contributed by atoms with van der Waals surface area (Å²) in [6.07, 6.45) is -0.625. The second kappa shape index (κ2) is 10.9. The summed E-state index contributed by atoms with van der Waals surface area (Å²) in [5.41, 5.74) is 2.33. The molecule has 0 heterocycles. The minimum Gasteiger partial charge on any atom is -0.497 e. The lowest BCUT2D eigenvalue weighted by Crippen LogP contribution is -2.35. The number of hydrogen-bond acceptors (Lipinski definition) is 4. The number of ether oxygens (including phenoxy) is 2. The van der Waals surface area contributed by atoms with E-state index < -0.39 is 6.10 Å². The van der Waals surface area contributed by atoms with Crippen molar-refractivity contribution in [1.82, 2.24) is 4.90 Å². The van der Waals surface area contributed by atoms with Gasteiger partial charge in [0.1, 0.15) is 24.2 Å². The highest BCUT2D eigenvalue weighted by Crippen LogP contribution is 2.18. The molecule has 0 aliphatic rings. The van der Waals surface area contributed by atoms with Gasteiger partial charge >= 0.3 is 0 Å². The Bertz CT molecular complexity index is 871. The van der Waals surface area contributed by atoms with Gasteiger partial charge in [0, 0.05) is 24.7 Å². The smallest absolute Gasteiger partial charge is 0.119 e. The summed E-state index contributed by atoms with van der Waals surface area (Å²) in [6, 6.07) is 25.4. The molecule has 3 aromatic carbocycles. The standard InChI is InChI=1S/C24H26ClNO3/c1-28-24-9-5-8-20(14-24)16-26(15-19-6-3-2-4-7-19)17-22(27)18-29-23-12-10-21(25)11-13-23/h2-14,22,27H,15-18H2,1H3/t22-/m0/s1. The molecular weight excluding hydrogens is 386 g/mol. The molecular formula is C24H26ClNO3. The van der Waals surface area contributed by atoms with Crippen LogP contribution in [-0.2, 0) is 13.1 Å². The highest BCUT2D eigenvalue weighted by Gasteiger charge is 2.14. The van der Waals surface area contributed by atoms with Crippen LogP contribution in [0.25, 0.3) is 0 Å². The predicted molar refractivity (Wildman–Crippen MR) is 117 cm³/mol. The van der Waals surface area contributed by atoms with Gasteiger partial charge in [-0.05, 0) is 47.5 Å². The maximum absolute atomic E-state index is 10.6. The molecule has 0 aliphatic heterocycles. The summed E-state index contributed by atoms with van der Waals surface area (Å²) in [7, 11) is 1.67. The van der Waals surface area contributed by atoms with Gasteiger partial charge in [-0.25, -0.2) is 0 Å². The molecule has 3 aromatic rings. The van der Waals surface area contributed by atoms with Gasteiger partial charge in [-0.2, -0.15) is 0 Å². The molecule has 0 aromatic heterocycles. The summed E-state index contributed by atoms with van der Waals surface area (Å²) in [5, 5.41) is 11.2. The molecule has 0 saturated heterocycles. The molecule has 0 bridgehead atoms. The van der Waals surface area contributed by atoms with E-state index in [1.54, 1.807) is 31.4 Å². The van der Waals surface area contributed by atoms with Crippen LogP contribution in [0.5, 0.6) is 11.5 Å². The van der Waals surface area contributed by atoms with E-state index in [0.29, 0.717) is 23.9 Å². The Kier molecular flexibility index (Phi) is 7.94. The van der Waals surface area contributed by atoms with Gasteiger partial charge in [0.2, 0.25) is 0 Å². The molecule has 0 aliphatic carbocycles. The van der Waals surface area contributed by atoms with E-state index in [4.69, 9.17) is 21.1 Å². The number of benzene rings is 3. The van der Waals surface area contributed by atoms with Gasteiger partial charge in [-0.3, -0.25) is 4.90 Å². The summed E-state index contributed by atoms with van der Waals surface area (Å²) >= 11 is 5.90. The molecule has 4 nitrogen and oxygen atoms in total. The topological polar surface area (TPSA) is 41.9 Å². The quantitative estimate of drug-likeness (QED) is 0.520. The molecule has 1 atom stereocenters. The zero-order chi connectivity index (χ0) is 20.5. The fourth-order valence-electron chi connectivity index (χ4n) is 3.13. The Hall–Kier alpha value is -2.53. The van der Waals surface area contributed by atoms with E-state index in [1.165, 1.54) is 5.56 Å². The lowest BCUT2D eigenvalue weighted by molar-refractivity contribution is 0.0628. The van der Waals surface area contributed by atoms with Crippen molar-refractivity contribution in [3.63, 3.8) is 0 Å². The van der Waals surface area contributed by atoms with Crippen LogP contribution in [0.4, 0.5) is 0 Å². The van der Waals surface area contributed by atoms with Crippen LogP contribution in [-0.4, -0.2) is 36.4 Å². The van der Waals surface area contributed by atoms with Gasteiger partial charge in [-0.15, -0.1) is 0 Å². The summed E-state index contributed by atoms with van der Waals surface area (Å²) in [6.45, 7) is 2.13. The van der Waals surface area contributed by atoms with Crippen molar-refractivity contribution in [2.75, 3.05) is 20.3 Å². The van der Waals surface area contributed by atoms with Gasteiger partial charge in [0.25, 0.3) is 0 Å². The van der Waals surface area contributed by atoms with Gasteiger partial charge in [0.15, 0.2) is 0 Å². The number of hydrogen-bond donors (Lipinski definition) is 1. The minimum atomic E-state index is -0.625. The Labute approximate surface area is 177 Å². The molecule has 3 rings (SSSR count). The average molecular weight is 412 g/mol. The molecule has 29 heavy (non-hydrogen) atoms. The van der Waals surface area contributed by atoms with Crippen LogP contribution in [0, 0.1) is 0 Å². The van der Waals surface area contributed by atoms with Gasteiger partial charge < -0.3 is 14.6 Å². The minimum absolute atomic E-state index is 0.213. The highest BCUT2D eigenvalue weighted by molar-refractivity contribution is 6.30. The lowest BCUT2D eigenvalue weighted by Gasteiger charge is -2.25. The Morgan fingerprint density at radius 2 is 1.55 bits per heavy atom. The number of methoxy groups -OCH3 is 1. The van der Waals surface area contributed by atoms with E-state index >= 15 is 0 Å². The first kappa shape index (κ1) is 21.2. The normalized spacial score (nSPS) is 12.0. The molecule has 0 unspecified atom stereocenters. The van der Waals surface area contributed by atoms with Crippen molar-refractivity contribution < 1.29 is 14.6 Å². The molecule has 5 heteroatoms. The summed E-state index contributed by atoms with van der Waals surface area (Å²) in [5.74, 6) is 1.52. The molecule has 0 amide bonds. The first-order chi connectivity index (χ1) is 14.1. The third-order valence-electron chi connectivity index (χ3n) is 4.51. The van der Waals surface area contributed by atoms with Crippen molar-refractivity contribution in [3.05, 3.63) is 95.0 Å². The Balaban J connectivity index is 1.63. The number of nitrogens with zero attached hydrogens (tertiary/aromatic N) is 1. The van der Waals surface area contributed by atoms with E-state index in [2.05, 4.69) is 23.1 Å². The van der Waals surface area contributed by atoms with Crippen molar-refractivity contribution >= 4 is 11.6 Å². The Morgan fingerprint density at radius 3 is 2.28 bits per heavy atom. The lowest BCUT2D eigenvalue weighted by atomic mass is 10.1. The number of aliphatic hydroxyl groups is 1. The number of halogens is 1. The van der Waals surface area contributed by atoms with Crippen LogP contribution in [0.15, 0.2) is 78.9 Å². The van der Waals surface area contributed by atoms with E-state index in [-0.39, 0.29) is 6.61 Å². The average Bonchev–Trinajstić information content (AvgIpc) is 2.74. The molecule has 0 spiro atoms. The molecule has 1 N–H and O–H groups in total. The molecule has 0 radical (unpaired) electrons. The zero-order valence-corrected chi connectivity index (χ0v) is 17.3. The third kappa shape index (κ3) is 7.09. The van der Waals surface area contributed by atoms with Gasteiger partial charge in [-0.1, -0.05) is 54.1 Å². The fraction of sp³-hybridized carbons (Fsp3) is 0.250. The molecule has 0 saturated carbocycles. The predicted octanol–water partition coefficient (Wildman–Crippen LogP) is 4.79. The summed E-state index contributed by atoms with van der Waals surface area (Å²) in [4.78, 5) is 2.21. The van der Waals surface area contributed by atoms with Gasteiger partial charge in [0.05, 0.1) is 7.11 Å². The van der Waals surface area contributed by atoms with Crippen molar-refractivity contribution in [3.8, 4) is 11.5 Å². The van der Waals surface area contributed by atoms with E-state index in [1.807, 2.05) is 36.4 Å². The van der Waals surface area contributed by atoms with Crippen LogP contribution < -0.4 is 9.47 Å². The largest absolute Gasteiger partial charge is 0.497 e. The zero-order valence-electron chi connectivity index (χ0n) is 16.5. The van der Waals surface area contributed by atoms with Crippen LogP contribution in [0.3, 0.4) is 0 Å². The van der Waals surface area contributed by atoms with Crippen molar-refractivity contribution in [1.29, 1.82) is 0 Å².